The Balaban J connectivity index is 1.40. The first-order valence-electron chi connectivity index (χ1n) is 13.6. The van der Waals surface area contributed by atoms with Crippen molar-refractivity contribution in [2.45, 2.75) is 30.5 Å². The summed E-state index contributed by atoms with van der Waals surface area (Å²) in [7, 11) is -0.615. The van der Waals surface area contributed by atoms with Gasteiger partial charge < -0.3 is 14.6 Å². The van der Waals surface area contributed by atoms with Gasteiger partial charge in [0, 0.05) is 57.0 Å². The molecule has 1 unspecified atom stereocenters. The minimum Gasteiger partial charge on any atom is -0.497 e. The lowest BCUT2D eigenvalue weighted by Gasteiger charge is -2.30. The number of hydrogen-bond donors (Lipinski definition) is 2. The fourth-order valence-corrected chi connectivity index (χ4v) is 6.77. The number of H-pyrrole nitrogens is 1. The molecule has 3 heterocycles. The van der Waals surface area contributed by atoms with Gasteiger partial charge in [-0.1, -0.05) is 30.3 Å². The number of carbonyl (C=O) groups is 1. The first-order valence-corrected chi connectivity index (χ1v) is 15.0. The molecule has 41 heavy (non-hydrogen) atoms. The largest absolute Gasteiger partial charge is 0.497 e. The topological polar surface area (TPSA) is 125 Å². The number of sulfonamides is 1. The Hall–Kier alpha value is -4.00. The summed E-state index contributed by atoms with van der Waals surface area (Å²) in [4.78, 5) is 19.5. The van der Waals surface area contributed by atoms with Crippen LogP contribution in [0.25, 0.3) is 11.3 Å². The predicted molar refractivity (Wildman–Crippen MR) is 154 cm³/mol. The van der Waals surface area contributed by atoms with Crippen LogP contribution in [0.1, 0.15) is 30.0 Å². The number of aromatic nitrogens is 4. The molecule has 0 bridgehead atoms. The van der Waals surface area contributed by atoms with E-state index in [0.29, 0.717) is 32.6 Å². The number of aromatic amines is 1. The summed E-state index contributed by atoms with van der Waals surface area (Å²) in [6.45, 7) is 2.51. The molecule has 11 nitrogen and oxygen atoms in total. The van der Waals surface area contributed by atoms with E-state index in [9.17, 15) is 13.2 Å². The number of carbonyl (C=O) groups excluding carboxylic acids is 1. The van der Waals surface area contributed by atoms with Crippen molar-refractivity contribution in [2.75, 3.05) is 33.3 Å². The highest BCUT2D eigenvalue weighted by atomic mass is 32.2. The molecular weight excluding hydrogens is 542 g/mol. The number of ether oxygens (including phenoxy) is 1. The van der Waals surface area contributed by atoms with Gasteiger partial charge in [-0.3, -0.25) is 14.8 Å². The Morgan fingerprint density at radius 2 is 1.83 bits per heavy atom. The summed E-state index contributed by atoms with van der Waals surface area (Å²) in [6, 6.07) is 16.4. The fourth-order valence-electron chi connectivity index (χ4n) is 5.15. The Bertz CT molecular complexity index is 1550. The molecule has 2 aromatic carbocycles. The maximum Gasteiger partial charge on any atom is 0.262 e. The highest BCUT2D eigenvalue weighted by molar-refractivity contribution is 7.89. The van der Waals surface area contributed by atoms with Gasteiger partial charge in [0.1, 0.15) is 5.75 Å². The van der Waals surface area contributed by atoms with Gasteiger partial charge in [-0.15, -0.1) is 0 Å². The van der Waals surface area contributed by atoms with Gasteiger partial charge in [0.15, 0.2) is 5.03 Å². The van der Waals surface area contributed by atoms with E-state index >= 15 is 0 Å². The maximum atomic E-state index is 13.9. The number of nitrogens with zero attached hydrogens (tertiary/aromatic N) is 5. The molecule has 0 spiro atoms. The monoisotopic (exact) mass is 577 g/mol. The maximum absolute atomic E-state index is 13.9. The van der Waals surface area contributed by atoms with Crippen LogP contribution in [-0.4, -0.2) is 76.6 Å². The molecule has 1 aliphatic heterocycles. The molecule has 0 saturated carbocycles. The number of benzene rings is 2. The van der Waals surface area contributed by atoms with E-state index in [1.165, 1.54) is 16.8 Å². The zero-order chi connectivity index (χ0) is 28.8. The van der Waals surface area contributed by atoms with E-state index in [4.69, 9.17) is 4.74 Å². The second kappa shape index (κ2) is 12.7. The average Bonchev–Trinajstić information content (AvgIpc) is 3.63. The van der Waals surface area contributed by atoms with Crippen molar-refractivity contribution in [1.29, 1.82) is 0 Å². The summed E-state index contributed by atoms with van der Waals surface area (Å²) in [6.07, 6.45) is 5.36. The number of methoxy groups -OCH3 is 1. The van der Waals surface area contributed by atoms with Gasteiger partial charge in [0.2, 0.25) is 5.91 Å². The molecule has 4 aromatic rings. The Kier molecular flexibility index (Phi) is 8.81. The quantitative estimate of drug-likeness (QED) is 0.346. The Morgan fingerprint density at radius 1 is 1.05 bits per heavy atom. The molecule has 5 rings (SSSR count). The molecule has 1 fully saturated rings. The highest BCUT2D eigenvalue weighted by Crippen LogP contribution is 2.31. The third kappa shape index (κ3) is 6.67. The smallest absolute Gasteiger partial charge is 0.262 e. The van der Waals surface area contributed by atoms with E-state index in [0.717, 1.165) is 28.1 Å². The molecular formula is C29H35N7O4S. The molecule has 1 aliphatic rings. The van der Waals surface area contributed by atoms with Crippen molar-refractivity contribution in [2.24, 2.45) is 7.05 Å². The van der Waals surface area contributed by atoms with Crippen LogP contribution in [0.3, 0.4) is 0 Å². The molecule has 1 saturated heterocycles. The molecule has 1 atom stereocenters. The molecule has 0 radical (unpaired) electrons. The summed E-state index contributed by atoms with van der Waals surface area (Å²) in [5.74, 6) is 0.570. The van der Waals surface area contributed by atoms with Crippen molar-refractivity contribution < 1.29 is 17.9 Å². The molecule has 1 amide bonds. The lowest BCUT2D eigenvalue weighted by atomic mass is 10.0. The number of nitrogens with one attached hydrogen (secondary N) is 2. The van der Waals surface area contributed by atoms with Crippen LogP contribution >= 0.6 is 0 Å². The lowest BCUT2D eigenvalue weighted by molar-refractivity contribution is -0.122. The first kappa shape index (κ1) is 28.5. The van der Waals surface area contributed by atoms with Crippen LogP contribution in [-0.2, 0) is 28.4 Å². The number of hydrogen-bond acceptors (Lipinski definition) is 7. The SMILES string of the molecule is COc1ccc(-c2[nH]ncc2CN2CCCN(S(=O)(=O)c3cn(C)cn3)C(c3ccccc3)CC(=O)NCC2)cc1. The van der Waals surface area contributed by atoms with Gasteiger partial charge in [0.05, 0.1) is 31.4 Å². The molecule has 2 aromatic heterocycles. The van der Waals surface area contributed by atoms with Gasteiger partial charge in [-0.2, -0.15) is 9.40 Å². The van der Waals surface area contributed by atoms with Crippen LogP contribution in [0.5, 0.6) is 5.75 Å². The van der Waals surface area contributed by atoms with E-state index in [-0.39, 0.29) is 23.9 Å². The van der Waals surface area contributed by atoms with Gasteiger partial charge >= 0.3 is 0 Å². The minimum absolute atomic E-state index is 0.0133. The molecule has 0 aliphatic carbocycles. The standard InChI is InChI=1S/C29H35N7O4S/c1-34-20-28(31-21-34)41(38,39)36-15-6-14-35(16-13-30-27(37)17-26(36)22-7-4-3-5-8-22)19-24-18-32-33-29(24)23-9-11-25(40-2)12-10-23/h3-5,7-12,18,20-21,26H,6,13-17,19H2,1-2H3,(H,30,37)(H,32,33). The average molecular weight is 578 g/mol. The van der Waals surface area contributed by atoms with Crippen molar-refractivity contribution in [1.82, 2.24) is 34.3 Å². The van der Waals surface area contributed by atoms with Crippen LogP contribution < -0.4 is 10.1 Å². The number of rotatable bonds is 7. The van der Waals surface area contributed by atoms with Crippen molar-refractivity contribution in [3.05, 3.63) is 84.4 Å². The number of aryl methyl sites for hydroxylation is 1. The Labute approximate surface area is 240 Å². The lowest BCUT2D eigenvalue weighted by Crippen LogP contribution is -2.39. The third-order valence-electron chi connectivity index (χ3n) is 7.26. The fraction of sp³-hybridized carbons (Fsp3) is 0.345. The van der Waals surface area contributed by atoms with E-state index in [1.807, 2.05) is 60.8 Å². The second-order valence-electron chi connectivity index (χ2n) is 10.1. The van der Waals surface area contributed by atoms with Gasteiger partial charge in [-0.25, -0.2) is 13.4 Å². The zero-order valence-electron chi connectivity index (χ0n) is 23.2. The van der Waals surface area contributed by atoms with Gasteiger partial charge in [0.25, 0.3) is 10.0 Å². The minimum atomic E-state index is -3.98. The summed E-state index contributed by atoms with van der Waals surface area (Å²) >= 11 is 0. The van der Waals surface area contributed by atoms with Crippen LogP contribution in [0.4, 0.5) is 0 Å². The zero-order valence-corrected chi connectivity index (χ0v) is 24.0. The second-order valence-corrected chi connectivity index (χ2v) is 11.9. The van der Waals surface area contributed by atoms with E-state index in [2.05, 4.69) is 25.4 Å². The van der Waals surface area contributed by atoms with Crippen LogP contribution in [0.15, 0.2) is 78.3 Å². The third-order valence-corrected chi connectivity index (χ3v) is 9.05. The number of amides is 1. The van der Waals surface area contributed by atoms with Crippen molar-refractivity contribution in [3.63, 3.8) is 0 Å². The normalized spacial score (nSPS) is 18.0. The van der Waals surface area contributed by atoms with Crippen molar-refractivity contribution >= 4 is 15.9 Å². The molecule has 12 heteroatoms. The molecule has 2 N–H and O–H groups in total. The summed E-state index contributed by atoms with van der Waals surface area (Å²) in [5, 5.41) is 10.4. The van der Waals surface area contributed by atoms with Crippen molar-refractivity contribution in [3.8, 4) is 17.0 Å². The molecule has 216 valence electrons. The van der Waals surface area contributed by atoms with Gasteiger partial charge in [-0.05, 0) is 42.8 Å². The first-order chi connectivity index (χ1) is 19.8. The summed E-state index contributed by atoms with van der Waals surface area (Å²) in [5.41, 5.74) is 3.68. The number of imidazole rings is 1. The predicted octanol–water partition coefficient (Wildman–Crippen LogP) is 2.96. The van der Waals surface area contributed by atoms with E-state index < -0.39 is 16.1 Å². The Morgan fingerprint density at radius 3 is 2.54 bits per heavy atom. The highest BCUT2D eigenvalue weighted by Gasteiger charge is 2.35. The van der Waals surface area contributed by atoms with Crippen LogP contribution in [0.2, 0.25) is 0 Å². The summed E-state index contributed by atoms with van der Waals surface area (Å²) < 4.78 is 36.1. The van der Waals surface area contributed by atoms with Crippen LogP contribution in [0, 0.1) is 0 Å². The van der Waals surface area contributed by atoms with E-state index in [1.54, 1.807) is 18.7 Å².